The molecular weight excluding hydrogens is 379 g/mol. The normalized spacial score (nSPS) is 19.5. The summed E-state index contributed by atoms with van der Waals surface area (Å²) < 4.78 is 18.2. The van der Waals surface area contributed by atoms with E-state index >= 15 is 0 Å². The Hall–Kier alpha value is -2.31. The zero-order chi connectivity index (χ0) is 22.7. The van der Waals surface area contributed by atoms with E-state index in [9.17, 15) is 4.79 Å². The summed E-state index contributed by atoms with van der Waals surface area (Å²) in [5.74, 6) is 0.0609. The second-order valence-electron chi connectivity index (χ2n) is 8.75. The Balaban J connectivity index is 2.59. The molecule has 6 heteroatoms. The highest BCUT2D eigenvalue weighted by atomic mass is 16.7. The van der Waals surface area contributed by atoms with Gasteiger partial charge in [0.1, 0.15) is 5.76 Å². The number of hydrogen-bond acceptors (Lipinski definition) is 4. The number of carboxylic acids is 1. The zero-order valence-electron chi connectivity index (χ0n) is 19.1. The standard InChI is InChI=1S/C24H33BO5/c1-9-10-16(2)17(3)22(28-8)19-12-11-18(13-14-21(26)27)20(15-19)25-29-23(4,5)24(6,7)30-25/h9,11-16H,1,10H2,2-8H3,(H,26,27)/b14-13+,22-17+. The summed E-state index contributed by atoms with van der Waals surface area (Å²) in [6.07, 6.45) is 5.43. The predicted octanol–water partition coefficient (Wildman–Crippen LogP) is 4.67. The maximum Gasteiger partial charge on any atom is 0.495 e. The minimum Gasteiger partial charge on any atom is -0.496 e. The van der Waals surface area contributed by atoms with Crippen molar-refractivity contribution in [3.05, 3.63) is 53.6 Å². The van der Waals surface area contributed by atoms with E-state index in [0.717, 1.165) is 40.4 Å². The van der Waals surface area contributed by atoms with Crippen molar-refractivity contribution in [3.8, 4) is 0 Å². The summed E-state index contributed by atoms with van der Waals surface area (Å²) in [7, 11) is 1.04. The molecule has 1 atom stereocenters. The Morgan fingerprint density at radius 1 is 1.27 bits per heavy atom. The highest BCUT2D eigenvalue weighted by molar-refractivity contribution is 6.63. The second kappa shape index (κ2) is 9.23. The minimum atomic E-state index is -1.01. The van der Waals surface area contributed by atoms with Gasteiger partial charge in [0.25, 0.3) is 0 Å². The van der Waals surface area contributed by atoms with Gasteiger partial charge < -0.3 is 19.2 Å². The van der Waals surface area contributed by atoms with Gasteiger partial charge in [-0.15, -0.1) is 6.58 Å². The topological polar surface area (TPSA) is 65.0 Å². The minimum absolute atomic E-state index is 0.282. The number of carboxylic acid groups (broad SMARTS) is 1. The number of hydrogen-bond donors (Lipinski definition) is 1. The number of methoxy groups -OCH3 is 1. The monoisotopic (exact) mass is 412 g/mol. The van der Waals surface area contributed by atoms with E-state index in [1.54, 1.807) is 13.2 Å². The molecule has 162 valence electrons. The molecule has 1 fully saturated rings. The van der Waals surface area contributed by atoms with E-state index in [1.165, 1.54) is 0 Å². The van der Waals surface area contributed by atoms with Crippen LogP contribution in [0.1, 0.15) is 59.1 Å². The average Bonchev–Trinajstić information content (AvgIpc) is 2.88. The van der Waals surface area contributed by atoms with E-state index < -0.39 is 24.3 Å². The fourth-order valence-corrected chi connectivity index (χ4v) is 3.36. The molecule has 0 aromatic heterocycles. The summed E-state index contributed by atoms with van der Waals surface area (Å²) in [4.78, 5) is 11.1. The van der Waals surface area contributed by atoms with Gasteiger partial charge in [-0.1, -0.05) is 31.2 Å². The molecule has 0 aliphatic carbocycles. The van der Waals surface area contributed by atoms with Crippen molar-refractivity contribution in [1.82, 2.24) is 0 Å². The number of allylic oxidation sites excluding steroid dienone is 2. The zero-order valence-corrected chi connectivity index (χ0v) is 19.1. The number of ether oxygens (including phenoxy) is 1. The molecule has 0 bridgehead atoms. The maximum atomic E-state index is 11.1. The Kier molecular flexibility index (Phi) is 7.38. The van der Waals surface area contributed by atoms with E-state index in [-0.39, 0.29) is 5.92 Å². The van der Waals surface area contributed by atoms with E-state index in [4.69, 9.17) is 19.2 Å². The van der Waals surface area contributed by atoms with E-state index in [2.05, 4.69) is 20.4 Å². The maximum absolute atomic E-state index is 11.1. The van der Waals surface area contributed by atoms with Crippen molar-refractivity contribution in [1.29, 1.82) is 0 Å². The molecule has 0 amide bonds. The third-order valence-corrected chi connectivity index (χ3v) is 6.08. The van der Waals surface area contributed by atoms with Crippen LogP contribution in [-0.4, -0.2) is 36.5 Å². The van der Waals surface area contributed by atoms with Crippen molar-refractivity contribution in [2.24, 2.45) is 5.92 Å². The second-order valence-corrected chi connectivity index (χ2v) is 8.75. The third-order valence-electron chi connectivity index (χ3n) is 6.08. The molecule has 2 rings (SSSR count). The molecule has 1 aliphatic heterocycles. The number of aliphatic carboxylic acids is 1. The molecule has 0 radical (unpaired) electrons. The lowest BCUT2D eigenvalue weighted by Gasteiger charge is -2.32. The van der Waals surface area contributed by atoms with Crippen molar-refractivity contribution >= 4 is 30.4 Å². The van der Waals surface area contributed by atoms with Crippen molar-refractivity contribution in [2.75, 3.05) is 7.11 Å². The molecule has 1 aromatic carbocycles. The lowest BCUT2D eigenvalue weighted by Crippen LogP contribution is -2.41. The van der Waals surface area contributed by atoms with Crippen LogP contribution in [0.4, 0.5) is 0 Å². The summed E-state index contributed by atoms with van der Waals surface area (Å²) in [5, 5.41) is 9.08. The molecule has 1 unspecified atom stereocenters. The van der Waals surface area contributed by atoms with Gasteiger partial charge >= 0.3 is 13.1 Å². The number of carbonyl (C=O) groups is 1. The van der Waals surface area contributed by atoms with Gasteiger partial charge in [0, 0.05) is 11.6 Å². The average molecular weight is 412 g/mol. The number of benzene rings is 1. The SMILES string of the molecule is C=CCC(C)/C(C)=C(/OC)c1ccc(/C=C/C(=O)O)c(B2OC(C)(C)C(C)(C)O2)c1. The van der Waals surface area contributed by atoms with E-state index in [1.807, 2.05) is 52.0 Å². The first-order valence-corrected chi connectivity index (χ1v) is 10.2. The van der Waals surface area contributed by atoms with Crippen LogP contribution in [0.3, 0.4) is 0 Å². The quantitative estimate of drug-likeness (QED) is 0.291. The van der Waals surface area contributed by atoms with Crippen LogP contribution >= 0.6 is 0 Å². The predicted molar refractivity (Wildman–Crippen MR) is 122 cm³/mol. The van der Waals surface area contributed by atoms with Gasteiger partial charge in [-0.2, -0.15) is 0 Å². The summed E-state index contributed by atoms with van der Waals surface area (Å²) in [6.45, 7) is 16.0. The van der Waals surface area contributed by atoms with Crippen molar-refractivity contribution in [2.45, 2.75) is 59.2 Å². The summed E-state index contributed by atoms with van der Waals surface area (Å²) in [5.41, 5.74) is 2.49. The van der Waals surface area contributed by atoms with Crippen LogP contribution in [0.15, 0.2) is 42.5 Å². The molecule has 1 aromatic rings. The van der Waals surface area contributed by atoms with Gasteiger partial charge in [-0.05, 0) is 69.6 Å². The molecule has 30 heavy (non-hydrogen) atoms. The Morgan fingerprint density at radius 3 is 2.37 bits per heavy atom. The largest absolute Gasteiger partial charge is 0.496 e. The molecule has 0 spiro atoms. The van der Waals surface area contributed by atoms with Gasteiger partial charge in [-0.25, -0.2) is 4.79 Å². The van der Waals surface area contributed by atoms with Gasteiger partial charge in [0.05, 0.1) is 18.3 Å². The molecule has 1 aliphatic rings. The van der Waals surface area contributed by atoms with Crippen LogP contribution in [-0.2, 0) is 18.8 Å². The van der Waals surface area contributed by atoms with Crippen molar-refractivity contribution < 1.29 is 23.9 Å². The smallest absolute Gasteiger partial charge is 0.495 e. The molecule has 1 N–H and O–H groups in total. The molecule has 1 heterocycles. The number of rotatable bonds is 8. The third kappa shape index (κ3) is 5.05. The first-order valence-electron chi connectivity index (χ1n) is 10.2. The molecule has 5 nitrogen and oxygen atoms in total. The van der Waals surface area contributed by atoms with Crippen LogP contribution < -0.4 is 5.46 Å². The fourth-order valence-electron chi connectivity index (χ4n) is 3.36. The van der Waals surface area contributed by atoms with Gasteiger partial charge in [0.15, 0.2) is 0 Å². The van der Waals surface area contributed by atoms with Gasteiger partial charge in [0.2, 0.25) is 0 Å². The lowest BCUT2D eigenvalue weighted by molar-refractivity contribution is -0.131. The van der Waals surface area contributed by atoms with Crippen LogP contribution in [0.5, 0.6) is 0 Å². The first kappa shape index (κ1) is 24.0. The molecule has 0 saturated carbocycles. The Bertz CT molecular complexity index is 850. The van der Waals surface area contributed by atoms with Crippen LogP contribution in [0, 0.1) is 5.92 Å². The fraction of sp³-hybridized carbons (Fsp3) is 0.458. The van der Waals surface area contributed by atoms with Gasteiger partial charge in [-0.3, -0.25) is 0 Å². The summed E-state index contributed by atoms with van der Waals surface area (Å²) >= 11 is 0. The van der Waals surface area contributed by atoms with Crippen molar-refractivity contribution in [3.63, 3.8) is 0 Å². The highest BCUT2D eigenvalue weighted by Gasteiger charge is 2.52. The Labute approximate surface area is 180 Å². The summed E-state index contributed by atoms with van der Waals surface area (Å²) in [6, 6.07) is 5.77. The van der Waals surface area contributed by atoms with Crippen LogP contribution in [0.2, 0.25) is 0 Å². The molecule has 1 saturated heterocycles. The first-order chi connectivity index (χ1) is 13.9. The van der Waals surface area contributed by atoms with E-state index in [0.29, 0.717) is 0 Å². The van der Waals surface area contributed by atoms with Crippen LogP contribution in [0.25, 0.3) is 11.8 Å². The lowest BCUT2D eigenvalue weighted by atomic mass is 9.74. The highest BCUT2D eigenvalue weighted by Crippen LogP contribution is 2.37. The Morgan fingerprint density at radius 2 is 1.87 bits per heavy atom. The molecular formula is C24H33BO5.